The first-order chi connectivity index (χ1) is 10.7. The molecule has 4 heteroatoms. The molecular weight excluding hydrogens is 406 g/mol. The first-order valence-electron chi connectivity index (χ1n) is 6.76. The Labute approximate surface area is 146 Å². The summed E-state index contributed by atoms with van der Waals surface area (Å²) >= 11 is 6.86. The van der Waals surface area contributed by atoms with E-state index in [9.17, 15) is 0 Å². The zero-order valence-corrected chi connectivity index (χ0v) is 14.8. The molecule has 1 heterocycles. The van der Waals surface area contributed by atoms with Gasteiger partial charge in [0.25, 0.3) is 0 Å². The van der Waals surface area contributed by atoms with Crippen LogP contribution in [-0.4, -0.2) is 0 Å². The smallest absolute Gasteiger partial charge is 0.152 e. The van der Waals surface area contributed by atoms with Crippen molar-refractivity contribution in [3.8, 4) is 11.5 Å². The van der Waals surface area contributed by atoms with Crippen molar-refractivity contribution in [2.75, 3.05) is 5.32 Å². The van der Waals surface area contributed by atoms with E-state index in [4.69, 9.17) is 4.74 Å². The molecule has 110 valence electrons. The lowest BCUT2D eigenvalue weighted by Gasteiger charge is -2.21. The maximum Gasteiger partial charge on any atom is 0.152 e. The van der Waals surface area contributed by atoms with E-state index in [1.165, 1.54) is 0 Å². The third-order valence-electron chi connectivity index (χ3n) is 3.04. The number of anilines is 2. The summed E-state index contributed by atoms with van der Waals surface area (Å²) in [7, 11) is 0. The molecule has 0 radical (unpaired) electrons. The Kier molecular flexibility index (Phi) is 4.80. The maximum absolute atomic E-state index is 5.82. The minimum atomic E-state index is 0.833. The van der Waals surface area contributed by atoms with Crippen LogP contribution in [0.4, 0.5) is 11.4 Å². The third kappa shape index (κ3) is 3.70. The van der Waals surface area contributed by atoms with Gasteiger partial charge in [0.05, 0.1) is 11.4 Å². The van der Waals surface area contributed by atoms with E-state index in [0.717, 1.165) is 31.8 Å². The molecule has 1 aliphatic rings. The van der Waals surface area contributed by atoms with Crippen LogP contribution in [0.1, 0.15) is 0 Å². The number of nitrogens with one attached hydrogen (secondary N) is 1. The average molecular weight is 419 g/mol. The number of hydrogen-bond acceptors (Lipinski definition) is 2. The molecular formula is C18H13Br2NO. The van der Waals surface area contributed by atoms with Gasteiger partial charge in [-0.3, -0.25) is 0 Å². The number of halogens is 2. The summed E-state index contributed by atoms with van der Waals surface area (Å²) in [5, 5.41) is 3.33. The summed E-state index contributed by atoms with van der Waals surface area (Å²) in [5.41, 5.74) is 1.97. The van der Waals surface area contributed by atoms with Crippen molar-refractivity contribution < 1.29 is 4.74 Å². The van der Waals surface area contributed by atoms with Crippen molar-refractivity contribution in [2.45, 2.75) is 0 Å². The first kappa shape index (κ1) is 15.1. The Morgan fingerprint density at radius 2 is 1.05 bits per heavy atom. The zero-order valence-electron chi connectivity index (χ0n) is 11.6. The van der Waals surface area contributed by atoms with Gasteiger partial charge in [0.2, 0.25) is 0 Å². The Bertz CT molecular complexity index is 699. The highest BCUT2D eigenvalue weighted by atomic mass is 79.9. The van der Waals surface area contributed by atoms with Crippen LogP contribution in [0.5, 0.6) is 11.5 Å². The second-order valence-corrected chi connectivity index (χ2v) is 6.49. The van der Waals surface area contributed by atoms with Crippen LogP contribution in [-0.2, 0) is 0 Å². The molecule has 1 aliphatic heterocycles. The molecule has 0 aromatic heterocycles. The van der Waals surface area contributed by atoms with Crippen molar-refractivity contribution in [3.63, 3.8) is 0 Å². The maximum atomic E-state index is 5.82. The highest BCUT2D eigenvalue weighted by Crippen LogP contribution is 2.43. The average Bonchev–Trinajstić information content (AvgIpc) is 2.55. The lowest BCUT2D eigenvalue weighted by Crippen LogP contribution is -2.02. The minimum Gasteiger partial charge on any atom is -0.453 e. The normalized spacial score (nSPS) is 11.0. The fourth-order valence-electron chi connectivity index (χ4n) is 2.02. The fraction of sp³-hybridized carbons (Fsp3) is 0. The number of fused-ring (bicyclic) bond motifs is 2. The molecule has 3 aromatic rings. The Morgan fingerprint density at radius 1 is 0.636 bits per heavy atom. The third-order valence-corrected chi connectivity index (χ3v) is 4.03. The standard InChI is InChI=1S/C12H7Br2NO.C6H6/c13-7-1-3-9-11(5-7)16-12-6-8(14)2-4-10(12)15-9;1-2-4-6-5-3-1/h1-6,15H;1-6H. The predicted octanol–water partition coefficient (Wildman–Crippen LogP) is 6.75. The van der Waals surface area contributed by atoms with Crippen molar-refractivity contribution in [1.29, 1.82) is 0 Å². The van der Waals surface area contributed by atoms with Crippen molar-refractivity contribution in [3.05, 3.63) is 81.7 Å². The summed E-state index contributed by atoms with van der Waals surface area (Å²) in [6.07, 6.45) is 0. The van der Waals surface area contributed by atoms with Gasteiger partial charge in [-0.2, -0.15) is 0 Å². The molecule has 0 aliphatic carbocycles. The second-order valence-electron chi connectivity index (χ2n) is 4.66. The van der Waals surface area contributed by atoms with Gasteiger partial charge in [-0.15, -0.1) is 0 Å². The number of hydrogen-bond donors (Lipinski definition) is 1. The number of benzene rings is 3. The van der Waals surface area contributed by atoms with Gasteiger partial charge in [0, 0.05) is 8.95 Å². The topological polar surface area (TPSA) is 21.3 Å². The van der Waals surface area contributed by atoms with Gasteiger partial charge in [0.15, 0.2) is 11.5 Å². The summed E-state index contributed by atoms with van der Waals surface area (Å²) in [5.74, 6) is 1.67. The molecule has 0 fully saturated rings. The molecule has 0 bridgehead atoms. The molecule has 4 rings (SSSR count). The van der Waals surface area contributed by atoms with Gasteiger partial charge in [0.1, 0.15) is 0 Å². The van der Waals surface area contributed by atoms with Gasteiger partial charge in [-0.05, 0) is 36.4 Å². The van der Waals surface area contributed by atoms with Crippen molar-refractivity contribution in [2.24, 2.45) is 0 Å². The second kappa shape index (κ2) is 6.99. The predicted molar refractivity (Wildman–Crippen MR) is 98.1 cm³/mol. The van der Waals surface area contributed by atoms with E-state index in [1.807, 2.05) is 72.8 Å². The van der Waals surface area contributed by atoms with Crippen LogP contribution in [0.3, 0.4) is 0 Å². The molecule has 0 atom stereocenters. The van der Waals surface area contributed by atoms with Gasteiger partial charge >= 0.3 is 0 Å². The summed E-state index contributed by atoms with van der Waals surface area (Å²) in [4.78, 5) is 0. The zero-order chi connectivity index (χ0) is 15.4. The van der Waals surface area contributed by atoms with E-state index in [1.54, 1.807) is 0 Å². The lowest BCUT2D eigenvalue weighted by atomic mass is 10.2. The Morgan fingerprint density at radius 3 is 1.45 bits per heavy atom. The highest BCUT2D eigenvalue weighted by molar-refractivity contribution is 9.10. The summed E-state index contributed by atoms with van der Waals surface area (Å²) < 4.78 is 7.83. The van der Waals surface area contributed by atoms with E-state index in [2.05, 4.69) is 37.2 Å². The van der Waals surface area contributed by atoms with Crippen LogP contribution in [0.15, 0.2) is 81.7 Å². The fourth-order valence-corrected chi connectivity index (χ4v) is 2.70. The molecule has 0 spiro atoms. The summed E-state index contributed by atoms with van der Waals surface area (Å²) in [6, 6.07) is 23.9. The monoisotopic (exact) mass is 417 g/mol. The van der Waals surface area contributed by atoms with Crippen molar-refractivity contribution >= 4 is 43.2 Å². The number of rotatable bonds is 0. The summed E-state index contributed by atoms with van der Waals surface area (Å²) in [6.45, 7) is 0. The van der Waals surface area contributed by atoms with Crippen LogP contribution in [0.2, 0.25) is 0 Å². The SMILES string of the molecule is Brc1ccc2c(c1)Oc1cc(Br)ccc1N2.c1ccccc1. The van der Waals surface area contributed by atoms with Crippen LogP contribution in [0.25, 0.3) is 0 Å². The van der Waals surface area contributed by atoms with E-state index in [0.29, 0.717) is 0 Å². The first-order valence-corrected chi connectivity index (χ1v) is 8.35. The van der Waals surface area contributed by atoms with Crippen LogP contribution < -0.4 is 10.1 Å². The van der Waals surface area contributed by atoms with E-state index in [-0.39, 0.29) is 0 Å². The van der Waals surface area contributed by atoms with Gasteiger partial charge in [-0.25, -0.2) is 0 Å². The van der Waals surface area contributed by atoms with E-state index < -0.39 is 0 Å². The minimum absolute atomic E-state index is 0.833. The molecule has 0 saturated carbocycles. The highest BCUT2D eigenvalue weighted by Gasteiger charge is 2.16. The molecule has 0 unspecified atom stereocenters. The lowest BCUT2D eigenvalue weighted by molar-refractivity contribution is 0.480. The Hall–Kier alpha value is -1.78. The molecule has 0 saturated heterocycles. The molecule has 0 amide bonds. The molecule has 3 aromatic carbocycles. The quantitative estimate of drug-likeness (QED) is 0.341. The van der Waals surface area contributed by atoms with Crippen molar-refractivity contribution in [1.82, 2.24) is 0 Å². The van der Waals surface area contributed by atoms with Crippen LogP contribution in [0, 0.1) is 0 Å². The van der Waals surface area contributed by atoms with Crippen LogP contribution >= 0.6 is 31.9 Å². The van der Waals surface area contributed by atoms with Gasteiger partial charge in [-0.1, -0.05) is 68.3 Å². The number of ether oxygens (including phenoxy) is 1. The molecule has 1 N–H and O–H groups in total. The Balaban J connectivity index is 0.000000202. The molecule has 22 heavy (non-hydrogen) atoms. The largest absolute Gasteiger partial charge is 0.453 e. The van der Waals surface area contributed by atoms with E-state index >= 15 is 0 Å². The van der Waals surface area contributed by atoms with Gasteiger partial charge < -0.3 is 10.1 Å². The molecule has 2 nitrogen and oxygen atoms in total.